The molecule has 2 nitrogen and oxygen atoms in total. The Kier molecular flexibility index (Phi) is 2.37. The molecule has 0 aromatic carbocycles. The summed E-state index contributed by atoms with van der Waals surface area (Å²) in [4.78, 5) is 2.61. The van der Waals surface area contributed by atoms with Crippen molar-refractivity contribution in [3.63, 3.8) is 0 Å². The van der Waals surface area contributed by atoms with E-state index in [1.54, 1.807) is 0 Å². The van der Waals surface area contributed by atoms with Crippen LogP contribution in [0.15, 0.2) is 0 Å². The van der Waals surface area contributed by atoms with Crippen LogP contribution >= 0.6 is 0 Å². The summed E-state index contributed by atoms with van der Waals surface area (Å²) in [7, 11) is 0. The largest absolute Gasteiger partial charge is 0.372 e. The Morgan fingerprint density at radius 2 is 2.25 bits per heavy atom. The smallest absolute Gasteiger partial charge is 0.0936 e. The molecule has 70 valence electrons. The lowest BCUT2D eigenvalue weighted by molar-refractivity contribution is 0.188. The van der Waals surface area contributed by atoms with Gasteiger partial charge in [-0.3, -0.25) is 4.90 Å². The van der Waals surface area contributed by atoms with Crippen LogP contribution in [0, 0.1) is 5.92 Å². The summed E-state index contributed by atoms with van der Waals surface area (Å²) in [6, 6.07) is 0.828. The van der Waals surface area contributed by atoms with Crippen LogP contribution in [0.3, 0.4) is 0 Å². The Bertz CT molecular complexity index is 154. The molecule has 0 amide bonds. The second-order valence-corrected chi connectivity index (χ2v) is 4.40. The molecule has 0 radical (unpaired) electrons. The van der Waals surface area contributed by atoms with Crippen LogP contribution in [0.25, 0.3) is 0 Å². The molecule has 0 N–H and O–H groups in total. The summed E-state index contributed by atoms with van der Waals surface area (Å²) in [6.07, 6.45) is 3.35. The molecule has 0 spiro atoms. The quantitative estimate of drug-likeness (QED) is 0.595. The van der Waals surface area contributed by atoms with Crippen molar-refractivity contribution in [2.45, 2.75) is 38.8 Å². The van der Waals surface area contributed by atoms with E-state index in [1.807, 2.05) is 0 Å². The average Bonchev–Trinajstić information content (AvgIpc) is 2.66. The van der Waals surface area contributed by atoms with Crippen molar-refractivity contribution in [1.29, 1.82) is 0 Å². The normalized spacial score (nSPS) is 36.2. The third kappa shape index (κ3) is 1.80. The number of nitrogens with zero attached hydrogens (tertiary/aromatic N) is 1. The molecule has 2 heteroatoms. The monoisotopic (exact) mass is 169 g/mol. The number of likely N-dealkylation sites (tertiary alicyclic amines) is 1. The molecule has 2 atom stereocenters. The zero-order valence-corrected chi connectivity index (χ0v) is 8.12. The molecule has 0 saturated carbocycles. The zero-order valence-electron chi connectivity index (χ0n) is 8.12. The van der Waals surface area contributed by atoms with Gasteiger partial charge in [0.1, 0.15) is 0 Å². The fourth-order valence-electron chi connectivity index (χ4n) is 2.27. The predicted octanol–water partition coefficient (Wildman–Crippen LogP) is 1.51. The Labute approximate surface area is 74.9 Å². The van der Waals surface area contributed by atoms with Crippen molar-refractivity contribution in [3.8, 4) is 0 Å². The molecule has 2 aliphatic rings. The van der Waals surface area contributed by atoms with Crippen molar-refractivity contribution >= 4 is 0 Å². The van der Waals surface area contributed by atoms with E-state index in [4.69, 9.17) is 4.74 Å². The molecule has 2 rings (SSSR count). The Hall–Kier alpha value is -0.0800. The number of hydrogen-bond donors (Lipinski definition) is 0. The Morgan fingerprint density at radius 1 is 1.50 bits per heavy atom. The van der Waals surface area contributed by atoms with Gasteiger partial charge in [-0.05, 0) is 25.3 Å². The molecule has 0 bridgehead atoms. The molecule has 0 aliphatic carbocycles. The van der Waals surface area contributed by atoms with Crippen LogP contribution in [0.1, 0.15) is 26.7 Å². The van der Waals surface area contributed by atoms with E-state index < -0.39 is 0 Å². The summed E-state index contributed by atoms with van der Waals surface area (Å²) in [6.45, 7) is 8.14. The van der Waals surface area contributed by atoms with Gasteiger partial charge in [-0.15, -0.1) is 0 Å². The topological polar surface area (TPSA) is 15.8 Å². The van der Waals surface area contributed by atoms with Crippen molar-refractivity contribution in [3.05, 3.63) is 0 Å². The van der Waals surface area contributed by atoms with Gasteiger partial charge in [-0.25, -0.2) is 0 Å². The van der Waals surface area contributed by atoms with Crippen molar-refractivity contribution in [2.24, 2.45) is 5.92 Å². The molecule has 2 saturated heterocycles. The van der Waals surface area contributed by atoms with Crippen molar-refractivity contribution in [2.75, 3.05) is 19.7 Å². The molecule has 2 heterocycles. The van der Waals surface area contributed by atoms with Crippen LogP contribution in [0.2, 0.25) is 0 Å². The van der Waals surface area contributed by atoms with Crippen LogP contribution in [-0.2, 0) is 4.74 Å². The maximum absolute atomic E-state index is 5.26. The molecule has 0 aromatic heterocycles. The highest BCUT2D eigenvalue weighted by molar-refractivity contribution is 4.85. The average molecular weight is 169 g/mol. The molecule has 2 fully saturated rings. The summed E-state index contributed by atoms with van der Waals surface area (Å²) in [5, 5.41) is 0. The summed E-state index contributed by atoms with van der Waals surface area (Å²) in [5.41, 5.74) is 0. The van der Waals surface area contributed by atoms with Gasteiger partial charge in [0.25, 0.3) is 0 Å². The van der Waals surface area contributed by atoms with Gasteiger partial charge in [0, 0.05) is 12.6 Å². The summed E-state index contributed by atoms with van der Waals surface area (Å²) >= 11 is 0. The lowest BCUT2D eigenvalue weighted by Gasteiger charge is -2.26. The van der Waals surface area contributed by atoms with Crippen molar-refractivity contribution < 1.29 is 4.74 Å². The third-order valence-electron chi connectivity index (χ3n) is 3.02. The van der Waals surface area contributed by atoms with E-state index in [9.17, 15) is 0 Å². The van der Waals surface area contributed by atoms with E-state index in [2.05, 4.69) is 18.7 Å². The zero-order chi connectivity index (χ0) is 8.55. The minimum atomic E-state index is 0.573. The highest BCUT2D eigenvalue weighted by atomic mass is 16.6. The summed E-state index contributed by atoms with van der Waals surface area (Å²) < 4.78 is 5.26. The minimum Gasteiger partial charge on any atom is -0.372 e. The Balaban J connectivity index is 1.84. The van der Waals surface area contributed by atoms with Crippen LogP contribution in [-0.4, -0.2) is 36.7 Å². The van der Waals surface area contributed by atoms with Gasteiger partial charge in [0.2, 0.25) is 0 Å². The fraction of sp³-hybridized carbons (Fsp3) is 1.00. The van der Waals surface area contributed by atoms with E-state index >= 15 is 0 Å². The Morgan fingerprint density at radius 3 is 2.83 bits per heavy atom. The standard InChI is InChI=1S/C10H19NO/c1-8(2)10-4-3-5-11(10)6-9-7-12-9/h8-10H,3-7H2,1-2H3/t9-,10?/m1/s1. The molecule has 0 aromatic rings. The third-order valence-corrected chi connectivity index (χ3v) is 3.02. The fourth-order valence-corrected chi connectivity index (χ4v) is 2.27. The van der Waals surface area contributed by atoms with Crippen LogP contribution in [0.5, 0.6) is 0 Å². The molecular weight excluding hydrogens is 150 g/mol. The first-order chi connectivity index (χ1) is 5.77. The molecule has 2 aliphatic heterocycles. The van der Waals surface area contributed by atoms with E-state index in [0.717, 1.165) is 18.6 Å². The van der Waals surface area contributed by atoms with E-state index in [-0.39, 0.29) is 0 Å². The second-order valence-electron chi connectivity index (χ2n) is 4.40. The first-order valence-electron chi connectivity index (χ1n) is 5.13. The van der Waals surface area contributed by atoms with Gasteiger partial charge in [-0.1, -0.05) is 13.8 Å². The van der Waals surface area contributed by atoms with Gasteiger partial charge in [0.05, 0.1) is 12.7 Å². The maximum atomic E-state index is 5.26. The first-order valence-corrected chi connectivity index (χ1v) is 5.13. The highest BCUT2D eigenvalue weighted by Crippen LogP contribution is 2.25. The van der Waals surface area contributed by atoms with Crippen LogP contribution < -0.4 is 0 Å². The van der Waals surface area contributed by atoms with E-state index in [1.165, 1.54) is 25.9 Å². The van der Waals surface area contributed by atoms with Crippen LogP contribution in [0.4, 0.5) is 0 Å². The maximum Gasteiger partial charge on any atom is 0.0936 e. The van der Waals surface area contributed by atoms with Crippen molar-refractivity contribution in [1.82, 2.24) is 4.90 Å². The van der Waals surface area contributed by atoms with Gasteiger partial charge in [0.15, 0.2) is 0 Å². The van der Waals surface area contributed by atoms with E-state index in [0.29, 0.717) is 6.10 Å². The molecule has 12 heavy (non-hydrogen) atoms. The number of epoxide rings is 1. The number of hydrogen-bond acceptors (Lipinski definition) is 2. The van der Waals surface area contributed by atoms with Gasteiger partial charge >= 0.3 is 0 Å². The lowest BCUT2D eigenvalue weighted by Crippen LogP contribution is -2.36. The number of ether oxygens (including phenoxy) is 1. The SMILES string of the molecule is CC(C)C1CCCN1C[C@@H]1CO1. The minimum absolute atomic E-state index is 0.573. The van der Waals surface area contributed by atoms with Gasteiger partial charge in [-0.2, -0.15) is 0 Å². The predicted molar refractivity (Wildman–Crippen MR) is 49.2 cm³/mol. The molecule has 1 unspecified atom stereocenters. The van der Waals surface area contributed by atoms with Gasteiger partial charge < -0.3 is 4.74 Å². The summed E-state index contributed by atoms with van der Waals surface area (Å²) in [5.74, 6) is 0.811. The first kappa shape index (κ1) is 8.52. The molecular formula is C10H19NO. The lowest BCUT2D eigenvalue weighted by atomic mass is 10.0. The number of rotatable bonds is 3. The highest BCUT2D eigenvalue weighted by Gasteiger charge is 2.32. The second kappa shape index (κ2) is 3.35.